The van der Waals surface area contributed by atoms with Gasteiger partial charge in [0.25, 0.3) is 0 Å². The molecule has 0 N–H and O–H groups in total. The van der Waals surface area contributed by atoms with E-state index < -0.39 is 8.80 Å². The van der Waals surface area contributed by atoms with Gasteiger partial charge in [-0.05, 0) is 67.6 Å². The first-order chi connectivity index (χ1) is 10.5. The predicted molar refractivity (Wildman–Crippen MR) is 95.8 cm³/mol. The van der Waals surface area contributed by atoms with E-state index in [4.69, 9.17) is 13.3 Å². The molecule has 5 nitrogen and oxygen atoms in total. The molecular weight excluding hydrogens is 296 g/mol. The second-order valence-electron chi connectivity index (χ2n) is 5.61. The molecule has 0 aromatic carbocycles. The van der Waals surface area contributed by atoms with Gasteiger partial charge in [-0.3, -0.25) is 4.99 Å². The minimum atomic E-state index is -2.48. The summed E-state index contributed by atoms with van der Waals surface area (Å²) >= 11 is 0. The molecule has 0 fully saturated rings. The fourth-order valence-corrected chi connectivity index (χ4v) is 4.89. The third-order valence-corrected chi connectivity index (χ3v) is 6.41. The molecule has 0 saturated heterocycles. The zero-order chi connectivity index (χ0) is 16.8. The molecule has 0 heterocycles. The van der Waals surface area contributed by atoms with Crippen molar-refractivity contribution in [1.82, 2.24) is 4.90 Å². The van der Waals surface area contributed by atoms with Gasteiger partial charge in [0, 0.05) is 38.1 Å². The Labute approximate surface area is 138 Å². The molecule has 0 spiro atoms. The van der Waals surface area contributed by atoms with Crippen LogP contribution in [0.3, 0.4) is 0 Å². The number of hydrogen-bond donors (Lipinski definition) is 0. The first-order valence-corrected chi connectivity index (χ1v) is 10.5. The molecule has 22 heavy (non-hydrogen) atoms. The lowest BCUT2D eigenvalue weighted by Crippen LogP contribution is -2.46. The van der Waals surface area contributed by atoms with Crippen molar-refractivity contribution in [3.05, 3.63) is 0 Å². The highest BCUT2D eigenvalue weighted by Gasteiger charge is 2.39. The van der Waals surface area contributed by atoms with Crippen LogP contribution in [0.25, 0.3) is 0 Å². The van der Waals surface area contributed by atoms with Gasteiger partial charge in [-0.25, -0.2) is 0 Å². The van der Waals surface area contributed by atoms with Crippen LogP contribution >= 0.6 is 0 Å². The van der Waals surface area contributed by atoms with Crippen LogP contribution in [0, 0.1) is 0 Å². The molecule has 0 aliphatic rings. The van der Waals surface area contributed by atoms with Gasteiger partial charge in [0.15, 0.2) is 0 Å². The Kier molecular flexibility index (Phi) is 13.0. The van der Waals surface area contributed by atoms with Crippen LogP contribution in [-0.2, 0) is 13.3 Å². The standard InChI is InChI=1S/C16H36N2O3Si/c1-7-19-22(20-8-2,21-9-3)15-11-13-17-16(4)12-10-14-18(5)6/h7-15H2,1-6H3. The lowest BCUT2D eigenvalue weighted by Gasteiger charge is -2.28. The van der Waals surface area contributed by atoms with E-state index in [1.54, 1.807) is 0 Å². The lowest BCUT2D eigenvalue weighted by atomic mass is 10.2. The molecule has 0 aliphatic carbocycles. The number of rotatable bonds is 14. The molecule has 0 unspecified atom stereocenters. The van der Waals surface area contributed by atoms with E-state index in [0.717, 1.165) is 38.4 Å². The quantitative estimate of drug-likeness (QED) is 0.278. The van der Waals surface area contributed by atoms with Crippen LogP contribution in [-0.4, -0.2) is 66.4 Å². The van der Waals surface area contributed by atoms with Crippen molar-refractivity contribution in [1.29, 1.82) is 0 Å². The summed E-state index contributed by atoms with van der Waals surface area (Å²) in [6.07, 6.45) is 3.19. The van der Waals surface area contributed by atoms with Crippen molar-refractivity contribution < 1.29 is 13.3 Å². The van der Waals surface area contributed by atoms with Crippen molar-refractivity contribution >= 4 is 14.5 Å². The number of nitrogens with zero attached hydrogens (tertiary/aromatic N) is 2. The van der Waals surface area contributed by atoms with E-state index in [2.05, 4.69) is 30.9 Å². The number of aliphatic imine (C=N–C) groups is 1. The summed E-state index contributed by atoms with van der Waals surface area (Å²) in [6.45, 7) is 12.0. The maximum absolute atomic E-state index is 5.85. The van der Waals surface area contributed by atoms with Crippen molar-refractivity contribution in [2.45, 2.75) is 53.0 Å². The SMILES string of the molecule is CCO[Si](CCCN=C(C)CCCN(C)C)(OCC)OCC. The lowest BCUT2D eigenvalue weighted by molar-refractivity contribution is 0.0710. The molecule has 0 aliphatic heterocycles. The molecule has 0 saturated carbocycles. The first kappa shape index (κ1) is 21.7. The maximum atomic E-state index is 5.85. The zero-order valence-electron chi connectivity index (χ0n) is 15.5. The summed E-state index contributed by atoms with van der Waals surface area (Å²) in [4.78, 5) is 6.87. The highest BCUT2D eigenvalue weighted by Crippen LogP contribution is 2.18. The average Bonchev–Trinajstić information content (AvgIpc) is 2.44. The van der Waals surface area contributed by atoms with Crippen molar-refractivity contribution in [3.63, 3.8) is 0 Å². The zero-order valence-corrected chi connectivity index (χ0v) is 16.5. The molecule has 0 radical (unpaired) electrons. The second-order valence-corrected chi connectivity index (χ2v) is 8.34. The Hall–Kier alpha value is -0.273. The van der Waals surface area contributed by atoms with E-state index in [9.17, 15) is 0 Å². The topological polar surface area (TPSA) is 43.3 Å². The molecule has 0 aromatic heterocycles. The Morgan fingerprint density at radius 1 is 0.955 bits per heavy atom. The molecule has 132 valence electrons. The Morgan fingerprint density at radius 3 is 1.95 bits per heavy atom. The summed E-state index contributed by atoms with van der Waals surface area (Å²) in [5, 5.41) is 0. The summed E-state index contributed by atoms with van der Waals surface area (Å²) in [7, 11) is 1.72. The van der Waals surface area contributed by atoms with Gasteiger partial charge < -0.3 is 18.2 Å². The minimum Gasteiger partial charge on any atom is -0.374 e. The van der Waals surface area contributed by atoms with Gasteiger partial charge in [-0.2, -0.15) is 0 Å². The molecule has 0 bridgehead atoms. The van der Waals surface area contributed by atoms with Crippen molar-refractivity contribution in [2.75, 3.05) is 47.0 Å². The van der Waals surface area contributed by atoms with E-state index >= 15 is 0 Å². The summed E-state index contributed by atoms with van der Waals surface area (Å²) in [5.41, 5.74) is 1.23. The maximum Gasteiger partial charge on any atom is 0.500 e. The highest BCUT2D eigenvalue weighted by molar-refractivity contribution is 6.60. The molecule has 0 atom stereocenters. The van der Waals surface area contributed by atoms with E-state index in [1.165, 1.54) is 5.71 Å². The number of hydrogen-bond acceptors (Lipinski definition) is 5. The Morgan fingerprint density at radius 2 is 1.50 bits per heavy atom. The van der Waals surface area contributed by atoms with E-state index in [-0.39, 0.29) is 0 Å². The molecule has 0 rings (SSSR count). The summed E-state index contributed by atoms with van der Waals surface area (Å²) in [6, 6.07) is 0.844. The van der Waals surface area contributed by atoms with Gasteiger partial charge in [0.1, 0.15) is 0 Å². The van der Waals surface area contributed by atoms with E-state index in [1.807, 2.05) is 20.8 Å². The smallest absolute Gasteiger partial charge is 0.374 e. The first-order valence-electron chi connectivity index (χ1n) is 8.56. The van der Waals surface area contributed by atoms with Crippen LogP contribution < -0.4 is 0 Å². The van der Waals surface area contributed by atoms with Crippen LogP contribution in [0.15, 0.2) is 4.99 Å². The van der Waals surface area contributed by atoms with Gasteiger partial charge in [0.2, 0.25) is 0 Å². The fourth-order valence-electron chi connectivity index (χ4n) is 2.30. The monoisotopic (exact) mass is 332 g/mol. The third kappa shape index (κ3) is 10.5. The molecule has 0 aromatic rings. The van der Waals surface area contributed by atoms with Gasteiger partial charge in [-0.1, -0.05) is 0 Å². The fraction of sp³-hybridized carbons (Fsp3) is 0.938. The van der Waals surface area contributed by atoms with Crippen molar-refractivity contribution in [2.24, 2.45) is 4.99 Å². The van der Waals surface area contributed by atoms with Crippen LogP contribution in [0.5, 0.6) is 0 Å². The normalized spacial score (nSPS) is 13.1. The van der Waals surface area contributed by atoms with Crippen LogP contribution in [0.1, 0.15) is 47.0 Å². The highest BCUT2D eigenvalue weighted by atomic mass is 28.4. The minimum absolute atomic E-state index is 0.638. The largest absolute Gasteiger partial charge is 0.500 e. The molecule has 0 amide bonds. The summed E-state index contributed by atoms with van der Waals surface area (Å²) in [5.74, 6) is 0. The molecule has 6 heteroatoms. The second kappa shape index (κ2) is 13.2. The van der Waals surface area contributed by atoms with Crippen LogP contribution in [0.4, 0.5) is 0 Å². The predicted octanol–water partition coefficient (Wildman–Crippen LogP) is 3.23. The molecular formula is C16H36N2O3Si. The average molecular weight is 333 g/mol. The Balaban J connectivity index is 4.19. The Bertz CT molecular complexity index is 282. The van der Waals surface area contributed by atoms with Crippen molar-refractivity contribution in [3.8, 4) is 0 Å². The van der Waals surface area contributed by atoms with Gasteiger partial charge >= 0.3 is 8.80 Å². The summed E-state index contributed by atoms with van der Waals surface area (Å²) < 4.78 is 17.5. The van der Waals surface area contributed by atoms with E-state index in [0.29, 0.717) is 19.8 Å². The van der Waals surface area contributed by atoms with Crippen LogP contribution in [0.2, 0.25) is 6.04 Å². The van der Waals surface area contributed by atoms with Gasteiger partial charge in [-0.15, -0.1) is 0 Å². The third-order valence-electron chi connectivity index (χ3n) is 3.26. The van der Waals surface area contributed by atoms with Gasteiger partial charge in [0.05, 0.1) is 0 Å².